The molecule has 0 aliphatic rings. The molecule has 0 aliphatic carbocycles. The van der Waals surface area contributed by atoms with Crippen LogP contribution in [0.15, 0.2) is 28.8 Å². The summed E-state index contributed by atoms with van der Waals surface area (Å²) >= 11 is 0. The molecule has 0 unspecified atom stereocenters. The number of aromatic nitrogens is 1. The van der Waals surface area contributed by atoms with E-state index in [0.717, 1.165) is 24.0 Å². The van der Waals surface area contributed by atoms with E-state index < -0.39 is 0 Å². The molecule has 18 heavy (non-hydrogen) atoms. The fraction of sp³-hybridized carbons (Fsp3) is 0.286. The van der Waals surface area contributed by atoms with Crippen molar-refractivity contribution in [1.29, 1.82) is 0 Å². The lowest BCUT2D eigenvalue weighted by atomic mass is 10.1. The zero-order valence-electron chi connectivity index (χ0n) is 10.5. The summed E-state index contributed by atoms with van der Waals surface area (Å²) in [7, 11) is 1.64. The molecule has 1 aromatic heterocycles. The van der Waals surface area contributed by atoms with Gasteiger partial charge in [0.25, 0.3) is 0 Å². The predicted octanol–water partition coefficient (Wildman–Crippen LogP) is 2.59. The molecule has 4 heteroatoms. The average Bonchev–Trinajstić information content (AvgIpc) is 2.77. The van der Waals surface area contributed by atoms with Gasteiger partial charge in [-0.2, -0.15) is 0 Å². The van der Waals surface area contributed by atoms with Gasteiger partial charge in [0.1, 0.15) is 11.5 Å². The molecular formula is C14H15NO3. The standard InChI is InChI=1S/C14H15NO3/c1-10-13(9-16)14(18-15-10)7-6-11-4-3-5-12(8-11)17-2/h3-5,8-9H,6-7H2,1-2H3. The number of ether oxygens (including phenoxy) is 1. The summed E-state index contributed by atoms with van der Waals surface area (Å²) in [6.45, 7) is 1.77. The summed E-state index contributed by atoms with van der Waals surface area (Å²) in [6, 6.07) is 7.84. The first kappa shape index (κ1) is 12.4. The molecule has 0 radical (unpaired) electrons. The molecule has 0 amide bonds. The molecule has 0 fully saturated rings. The van der Waals surface area contributed by atoms with E-state index in [1.54, 1.807) is 14.0 Å². The van der Waals surface area contributed by atoms with Crippen molar-refractivity contribution in [2.24, 2.45) is 0 Å². The van der Waals surface area contributed by atoms with Crippen LogP contribution >= 0.6 is 0 Å². The minimum Gasteiger partial charge on any atom is -0.497 e. The highest BCUT2D eigenvalue weighted by atomic mass is 16.5. The number of methoxy groups -OCH3 is 1. The predicted molar refractivity (Wildman–Crippen MR) is 67.0 cm³/mol. The molecule has 0 saturated heterocycles. The van der Waals surface area contributed by atoms with Gasteiger partial charge in [0.2, 0.25) is 0 Å². The van der Waals surface area contributed by atoms with Gasteiger partial charge in [-0.15, -0.1) is 0 Å². The van der Waals surface area contributed by atoms with E-state index in [4.69, 9.17) is 9.26 Å². The van der Waals surface area contributed by atoms with Crippen molar-refractivity contribution in [2.45, 2.75) is 19.8 Å². The SMILES string of the molecule is COc1cccc(CCc2onc(C)c2C=O)c1. The van der Waals surface area contributed by atoms with Crippen molar-refractivity contribution < 1.29 is 14.1 Å². The zero-order chi connectivity index (χ0) is 13.0. The van der Waals surface area contributed by atoms with Gasteiger partial charge in [0.15, 0.2) is 6.29 Å². The topological polar surface area (TPSA) is 52.3 Å². The molecule has 0 spiro atoms. The van der Waals surface area contributed by atoms with Gasteiger partial charge in [0.05, 0.1) is 18.4 Å². The minimum absolute atomic E-state index is 0.567. The lowest BCUT2D eigenvalue weighted by molar-refractivity contribution is 0.112. The molecule has 1 aromatic carbocycles. The van der Waals surface area contributed by atoms with Crippen LogP contribution in [0, 0.1) is 6.92 Å². The van der Waals surface area contributed by atoms with Gasteiger partial charge >= 0.3 is 0 Å². The molecule has 0 bridgehead atoms. The lowest BCUT2D eigenvalue weighted by Crippen LogP contribution is -1.94. The van der Waals surface area contributed by atoms with Crippen molar-refractivity contribution in [3.8, 4) is 5.75 Å². The first-order chi connectivity index (χ1) is 8.74. The molecule has 2 rings (SSSR count). The Morgan fingerprint density at radius 3 is 2.94 bits per heavy atom. The highest BCUT2D eigenvalue weighted by molar-refractivity contribution is 5.77. The van der Waals surface area contributed by atoms with E-state index >= 15 is 0 Å². The maximum absolute atomic E-state index is 10.9. The van der Waals surface area contributed by atoms with Gasteiger partial charge in [-0.1, -0.05) is 17.3 Å². The third-order valence-corrected chi connectivity index (χ3v) is 2.88. The zero-order valence-corrected chi connectivity index (χ0v) is 10.5. The van der Waals surface area contributed by atoms with Crippen LogP contribution in [0.1, 0.15) is 27.4 Å². The smallest absolute Gasteiger partial charge is 0.155 e. The molecule has 2 aromatic rings. The third kappa shape index (κ3) is 2.59. The highest BCUT2D eigenvalue weighted by Gasteiger charge is 2.11. The Morgan fingerprint density at radius 1 is 1.39 bits per heavy atom. The second-order valence-electron chi connectivity index (χ2n) is 4.07. The quantitative estimate of drug-likeness (QED) is 0.760. The van der Waals surface area contributed by atoms with Gasteiger partial charge in [-0.05, 0) is 31.0 Å². The maximum atomic E-state index is 10.9. The lowest BCUT2D eigenvalue weighted by Gasteiger charge is -2.03. The fourth-order valence-electron chi connectivity index (χ4n) is 1.84. The maximum Gasteiger partial charge on any atom is 0.155 e. The van der Waals surface area contributed by atoms with E-state index in [1.807, 2.05) is 24.3 Å². The van der Waals surface area contributed by atoms with E-state index in [0.29, 0.717) is 23.4 Å². The summed E-state index contributed by atoms with van der Waals surface area (Å²) in [6.07, 6.45) is 2.24. The van der Waals surface area contributed by atoms with Crippen LogP contribution in [0.3, 0.4) is 0 Å². The number of aryl methyl sites for hydroxylation is 3. The van der Waals surface area contributed by atoms with Crippen molar-refractivity contribution >= 4 is 6.29 Å². The Bertz CT molecular complexity index is 546. The first-order valence-electron chi connectivity index (χ1n) is 5.78. The van der Waals surface area contributed by atoms with Crippen LogP contribution < -0.4 is 4.74 Å². The van der Waals surface area contributed by atoms with Crippen molar-refractivity contribution in [3.63, 3.8) is 0 Å². The van der Waals surface area contributed by atoms with Crippen LogP contribution in [-0.4, -0.2) is 18.6 Å². The van der Waals surface area contributed by atoms with Crippen LogP contribution in [0.5, 0.6) is 5.75 Å². The van der Waals surface area contributed by atoms with Crippen molar-refractivity contribution in [2.75, 3.05) is 7.11 Å². The normalized spacial score (nSPS) is 10.3. The molecule has 94 valence electrons. The summed E-state index contributed by atoms with van der Waals surface area (Å²) < 4.78 is 10.3. The molecule has 0 saturated carbocycles. The Morgan fingerprint density at radius 2 is 2.22 bits per heavy atom. The summed E-state index contributed by atoms with van der Waals surface area (Å²) in [5, 5.41) is 3.80. The Hall–Kier alpha value is -2.10. The number of carbonyl (C=O) groups excluding carboxylic acids is 1. The van der Waals surface area contributed by atoms with Gasteiger partial charge in [-0.25, -0.2) is 0 Å². The van der Waals surface area contributed by atoms with Crippen molar-refractivity contribution in [1.82, 2.24) is 5.16 Å². The number of hydrogen-bond donors (Lipinski definition) is 0. The van der Waals surface area contributed by atoms with Crippen molar-refractivity contribution in [3.05, 3.63) is 46.8 Å². The molecule has 4 nitrogen and oxygen atoms in total. The van der Waals surface area contributed by atoms with Gasteiger partial charge < -0.3 is 9.26 Å². The van der Waals surface area contributed by atoms with Crippen LogP contribution in [0.2, 0.25) is 0 Å². The number of aldehydes is 1. The Kier molecular flexibility index (Phi) is 3.77. The monoisotopic (exact) mass is 245 g/mol. The number of rotatable bonds is 5. The number of nitrogens with zero attached hydrogens (tertiary/aromatic N) is 1. The number of carbonyl (C=O) groups is 1. The second kappa shape index (κ2) is 5.49. The first-order valence-corrected chi connectivity index (χ1v) is 5.78. The minimum atomic E-state index is 0.567. The molecule has 0 atom stereocenters. The molecule has 0 N–H and O–H groups in total. The van der Waals surface area contributed by atoms with E-state index in [9.17, 15) is 4.79 Å². The highest BCUT2D eigenvalue weighted by Crippen LogP contribution is 2.17. The molecular weight excluding hydrogens is 230 g/mol. The second-order valence-corrected chi connectivity index (χ2v) is 4.07. The number of hydrogen-bond acceptors (Lipinski definition) is 4. The fourth-order valence-corrected chi connectivity index (χ4v) is 1.84. The summed E-state index contributed by atoms with van der Waals surface area (Å²) in [4.78, 5) is 10.9. The van der Waals surface area contributed by atoms with E-state index in [2.05, 4.69) is 5.16 Å². The molecule has 0 aliphatic heterocycles. The molecule has 1 heterocycles. The van der Waals surface area contributed by atoms with Crippen LogP contribution in [-0.2, 0) is 12.8 Å². The van der Waals surface area contributed by atoms with Gasteiger partial charge in [0, 0.05) is 6.42 Å². The largest absolute Gasteiger partial charge is 0.497 e. The van der Waals surface area contributed by atoms with Crippen LogP contribution in [0.4, 0.5) is 0 Å². The van der Waals surface area contributed by atoms with Gasteiger partial charge in [-0.3, -0.25) is 4.79 Å². The third-order valence-electron chi connectivity index (χ3n) is 2.88. The average molecular weight is 245 g/mol. The van der Waals surface area contributed by atoms with E-state index in [1.165, 1.54) is 0 Å². The Labute approximate surface area is 106 Å². The van der Waals surface area contributed by atoms with Crippen LogP contribution in [0.25, 0.3) is 0 Å². The summed E-state index contributed by atoms with van der Waals surface area (Å²) in [5.41, 5.74) is 2.35. The number of benzene rings is 1. The summed E-state index contributed by atoms with van der Waals surface area (Å²) in [5.74, 6) is 1.47. The van der Waals surface area contributed by atoms with E-state index in [-0.39, 0.29) is 0 Å². The Balaban J connectivity index is 2.08.